The second-order valence-electron chi connectivity index (χ2n) is 10.5. The van der Waals surface area contributed by atoms with E-state index in [4.69, 9.17) is 4.74 Å². The molecule has 2 fully saturated rings. The van der Waals surface area contributed by atoms with Gasteiger partial charge in [0.15, 0.2) is 17.2 Å². The summed E-state index contributed by atoms with van der Waals surface area (Å²) in [5.41, 5.74) is 1.45. The summed E-state index contributed by atoms with van der Waals surface area (Å²) in [5, 5.41) is 14.2. The Morgan fingerprint density at radius 1 is 0.927 bits per heavy atom. The molecule has 2 saturated carbocycles. The molecule has 3 aromatic heterocycles. The Bertz CT molecular complexity index is 1560. The zero-order valence-electron chi connectivity index (χ0n) is 22.1. The third-order valence-electron chi connectivity index (χ3n) is 7.36. The van der Waals surface area contributed by atoms with Crippen LogP contribution >= 0.6 is 0 Å². The van der Waals surface area contributed by atoms with Gasteiger partial charge in [-0.25, -0.2) is 18.3 Å². The lowest BCUT2D eigenvalue weighted by Crippen LogP contribution is -2.28. The Kier molecular flexibility index (Phi) is 7.45. The molecule has 3 heterocycles. The third-order valence-corrected chi connectivity index (χ3v) is 7.36. The molecule has 0 bridgehead atoms. The van der Waals surface area contributed by atoms with Gasteiger partial charge in [0, 0.05) is 30.8 Å². The number of hydrogen-bond acceptors (Lipinski definition) is 8. The van der Waals surface area contributed by atoms with E-state index in [1.165, 1.54) is 47.2 Å². The minimum Gasteiger partial charge on any atom is -0.427 e. The highest BCUT2D eigenvalue weighted by atomic mass is 19.1. The number of carbonyl (C=O) groups is 2. The van der Waals surface area contributed by atoms with Gasteiger partial charge in [-0.3, -0.25) is 14.6 Å². The van der Waals surface area contributed by atoms with Gasteiger partial charge in [0.1, 0.15) is 17.4 Å². The predicted octanol–water partition coefficient (Wildman–Crippen LogP) is 5.20. The first-order valence-electron chi connectivity index (χ1n) is 13.7. The highest BCUT2D eigenvalue weighted by molar-refractivity contribution is 6.03. The SMILES string of the molecule is O=C(CC1CCC(Nc2cc(NC3CC3)c3ncc(C(=O)Nc4ccncc4F)n3n2)CC1)Oc1ccc(F)cc1. The zero-order valence-corrected chi connectivity index (χ0v) is 22.1. The summed E-state index contributed by atoms with van der Waals surface area (Å²) >= 11 is 0. The van der Waals surface area contributed by atoms with Gasteiger partial charge in [-0.1, -0.05) is 0 Å². The van der Waals surface area contributed by atoms with E-state index in [2.05, 4.69) is 31.0 Å². The molecule has 2 aliphatic carbocycles. The van der Waals surface area contributed by atoms with E-state index in [9.17, 15) is 18.4 Å². The summed E-state index contributed by atoms with van der Waals surface area (Å²) in [5.74, 6) is -0.774. The lowest BCUT2D eigenvalue weighted by Gasteiger charge is -2.29. The van der Waals surface area contributed by atoms with Crippen LogP contribution in [0.4, 0.5) is 26.0 Å². The van der Waals surface area contributed by atoms with Crippen LogP contribution in [0.3, 0.4) is 0 Å². The molecule has 1 aromatic carbocycles. The monoisotopic (exact) mass is 561 g/mol. The number of halogens is 2. The molecule has 1 amide bonds. The number of fused-ring (bicyclic) bond motifs is 1. The molecule has 0 unspecified atom stereocenters. The lowest BCUT2D eigenvalue weighted by atomic mass is 9.84. The number of nitrogens with zero attached hydrogens (tertiary/aromatic N) is 4. The van der Waals surface area contributed by atoms with Gasteiger partial charge < -0.3 is 20.7 Å². The first kappa shape index (κ1) is 26.6. The number of aromatic nitrogens is 4. The Morgan fingerprint density at radius 3 is 2.39 bits per heavy atom. The fourth-order valence-electron chi connectivity index (χ4n) is 5.04. The molecule has 0 aliphatic heterocycles. The van der Waals surface area contributed by atoms with E-state index in [-0.39, 0.29) is 35.1 Å². The van der Waals surface area contributed by atoms with Crippen molar-refractivity contribution in [3.63, 3.8) is 0 Å². The molecule has 10 nitrogen and oxygen atoms in total. The number of carbonyl (C=O) groups excluding carboxylic acids is 2. The molecule has 0 radical (unpaired) electrons. The summed E-state index contributed by atoms with van der Waals surface area (Å²) in [7, 11) is 0. The number of hydrogen-bond donors (Lipinski definition) is 3. The van der Waals surface area contributed by atoms with Gasteiger partial charge in [-0.2, -0.15) is 0 Å². The predicted molar refractivity (Wildman–Crippen MR) is 148 cm³/mol. The Labute approximate surface area is 234 Å². The molecule has 0 atom stereocenters. The number of rotatable bonds is 9. The van der Waals surface area contributed by atoms with E-state index < -0.39 is 11.7 Å². The van der Waals surface area contributed by atoms with Crippen LogP contribution in [-0.2, 0) is 4.79 Å². The smallest absolute Gasteiger partial charge is 0.311 e. The van der Waals surface area contributed by atoms with Crippen molar-refractivity contribution in [2.24, 2.45) is 5.92 Å². The van der Waals surface area contributed by atoms with Crippen molar-refractivity contribution in [3.8, 4) is 5.75 Å². The number of pyridine rings is 1. The molecule has 0 saturated heterocycles. The van der Waals surface area contributed by atoms with Gasteiger partial charge in [0.05, 0.1) is 23.8 Å². The maximum Gasteiger partial charge on any atom is 0.311 e. The lowest BCUT2D eigenvalue weighted by molar-refractivity contribution is -0.135. The highest BCUT2D eigenvalue weighted by Crippen LogP contribution is 2.32. The number of esters is 1. The molecule has 12 heteroatoms. The van der Waals surface area contributed by atoms with Crippen LogP contribution in [-0.4, -0.2) is 43.5 Å². The fourth-order valence-corrected chi connectivity index (χ4v) is 5.04. The maximum atomic E-state index is 14.1. The van der Waals surface area contributed by atoms with E-state index >= 15 is 0 Å². The van der Waals surface area contributed by atoms with Gasteiger partial charge in [-0.05, 0) is 74.8 Å². The van der Waals surface area contributed by atoms with Crippen molar-refractivity contribution in [2.75, 3.05) is 16.0 Å². The first-order chi connectivity index (χ1) is 19.9. The second-order valence-corrected chi connectivity index (χ2v) is 10.5. The van der Waals surface area contributed by atoms with Gasteiger partial charge in [0.25, 0.3) is 5.91 Å². The van der Waals surface area contributed by atoms with Crippen LogP contribution in [0.5, 0.6) is 5.75 Å². The molecule has 2 aliphatic rings. The van der Waals surface area contributed by atoms with Crippen LogP contribution in [0, 0.1) is 17.6 Å². The third kappa shape index (κ3) is 6.42. The number of benzene rings is 1. The quantitative estimate of drug-likeness (QED) is 0.188. The summed E-state index contributed by atoms with van der Waals surface area (Å²) < 4.78 is 34.0. The standard InChI is InChI=1S/C29H29F2N7O3/c30-18-3-9-21(10-4-18)41-27(39)13-17-1-5-20(6-2-17)35-26-14-24(34-19-7-8-19)28-33-16-25(38(28)37-26)29(40)36-23-11-12-32-15-22(23)31/h3-4,9-12,14-17,19-20,34H,1-2,5-8,13H2,(H,35,37)(H,32,36,40). The van der Waals surface area contributed by atoms with Crippen LogP contribution in [0.15, 0.2) is 55.0 Å². The topological polar surface area (TPSA) is 123 Å². The van der Waals surface area contributed by atoms with Crippen molar-refractivity contribution < 1.29 is 23.1 Å². The average Bonchev–Trinajstić information content (AvgIpc) is 3.67. The van der Waals surface area contributed by atoms with E-state index in [0.717, 1.165) is 50.4 Å². The largest absolute Gasteiger partial charge is 0.427 e. The Morgan fingerprint density at radius 2 is 1.66 bits per heavy atom. The number of anilines is 3. The van der Waals surface area contributed by atoms with Crippen LogP contribution in [0.1, 0.15) is 55.4 Å². The molecule has 0 spiro atoms. The molecular formula is C29H29F2N7O3. The van der Waals surface area contributed by atoms with Crippen molar-refractivity contribution in [3.05, 3.63) is 72.3 Å². The highest BCUT2D eigenvalue weighted by Gasteiger charge is 2.27. The van der Waals surface area contributed by atoms with E-state index in [1.807, 2.05) is 6.07 Å². The Hall–Kier alpha value is -4.61. The number of amides is 1. The summed E-state index contributed by atoms with van der Waals surface area (Å²) in [6.45, 7) is 0. The fraction of sp³-hybridized carbons (Fsp3) is 0.345. The van der Waals surface area contributed by atoms with Gasteiger partial charge in [-0.15, -0.1) is 5.10 Å². The minimum atomic E-state index is -0.639. The molecule has 212 valence electrons. The molecule has 41 heavy (non-hydrogen) atoms. The van der Waals surface area contributed by atoms with Crippen molar-refractivity contribution >= 4 is 34.7 Å². The number of ether oxygens (including phenoxy) is 1. The van der Waals surface area contributed by atoms with E-state index in [0.29, 0.717) is 29.7 Å². The van der Waals surface area contributed by atoms with Crippen molar-refractivity contribution in [1.82, 2.24) is 19.6 Å². The van der Waals surface area contributed by atoms with E-state index in [1.54, 1.807) is 0 Å². The second kappa shape index (κ2) is 11.5. The number of nitrogens with one attached hydrogen (secondary N) is 3. The maximum absolute atomic E-state index is 14.1. The number of imidazole rings is 1. The minimum absolute atomic E-state index is 0.0175. The summed E-state index contributed by atoms with van der Waals surface area (Å²) in [6.07, 6.45) is 9.60. The first-order valence-corrected chi connectivity index (χ1v) is 13.7. The normalized spacial score (nSPS) is 18.6. The van der Waals surface area contributed by atoms with Crippen molar-refractivity contribution in [1.29, 1.82) is 0 Å². The molecular weight excluding hydrogens is 532 g/mol. The summed E-state index contributed by atoms with van der Waals surface area (Å²) in [4.78, 5) is 33.6. The molecule has 6 rings (SSSR count). The average molecular weight is 562 g/mol. The van der Waals surface area contributed by atoms with Crippen molar-refractivity contribution in [2.45, 2.75) is 57.0 Å². The summed E-state index contributed by atoms with van der Waals surface area (Å²) in [6, 6.07) is 9.16. The molecule has 3 N–H and O–H groups in total. The van der Waals surface area contributed by atoms with Gasteiger partial charge in [0.2, 0.25) is 0 Å². The van der Waals surface area contributed by atoms with Gasteiger partial charge >= 0.3 is 5.97 Å². The zero-order chi connectivity index (χ0) is 28.3. The van der Waals surface area contributed by atoms with Crippen LogP contribution in [0.25, 0.3) is 5.65 Å². The Balaban J connectivity index is 1.12. The molecule has 4 aromatic rings. The van der Waals surface area contributed by atoms with Crippen LogP contribution in [0.2, 0.25) is 0 Å². The van der Waals surface area contributed by atoms with Crippen LogP contribution < -0.4 is 20.7 Å².